The summed E-state index contributed by atoms with van der Waals surface area (Å²) in [6.07, 6.45) is 2.48. The molecule has 3 nitrogen and oxygen atoms in total. The summed E-state index contributed by atoms with van der Waals surface area (Å²) in [4.78, 5) is 4.94. The summed E-state index contributed by atoms with van der Waals surface area (Å²) in [5.41, 5.74) is 3.55. The van der Waals surface area contributed by atoms with E-state index in [-0.39, 0.29) is 6.61 Å². The molecule has 0 saturated carbocycles. The van der Waals surface area contributed by atoms with E-state index in [9.17, 15) is 5.11 Å². The molecule has 0 aliphatic carbocycles. The van der Waals surface area contributed by atoms with Crippen LogP contribution in [0.15, 0.2) is 18.2 Å². The first-order valence-corrected chi connectivity index (χ1v) is 7.31. The third-order valence-corrected chi connectivity index (χ3v) is 4.38. The maximum atomic E-state index is 9.18. The van der Waals surface area contributed by atoms with Crippen molar-refractivity contribution in [3.63, 3.8) is 0 Å². The van der Waals surface area contributed by atoms with Gasteiger partial charge in [-0.25, -0.2) is 0 Å². The number of aliphatic hydroxyl groups excluding tert-OH is 1. The van der Waals surface area contributed by atoms with Gasteiger partial charge in [0.2, 0.25) is 0 Å². The van der Waals surface area contributed by atoms with Gasteiger partial charge in [0.15, 0.2) is 0 Å². The second kappa shape index (κ2) is 6.40. The molecule has 1 heterocycles. The van der Waals surface area contributed by atoms with E-state index in [1.54, 1.807) is 0 Å². The molecule has 1 N–H and O–H groups in total. The summed E-state index contributed by atoms with van der Waals surface area (Å²) < 4.78 is 0. The molecule has 0 radical (unpaired) electrons. The van der Waals surface area contributed by atoms with E-state index < -0.39 is 0 Å². The Hall–Kier alpha value is -1.06. The monoisotopic (exact) mass is 262 g/mol. The van der Waals surface area contributed by atoms with E-state index in [0.717, 1.165) is 5.56 Å². The number of rotatable bonds is 4. The molecule has 0 atom stereocenters. The SMILES string of the molecule is CCN1CCC(N(C)c2ccc(CO)cc2C)CC1. The third-order valence-electron chi connectivity index (χ3n) is 4.38. The highest BCUT2D eigenvalue weighted by atomic mass is 16.3. The molecule has 1 aliphatic heterocycles. The van der Waals surface area contributed by atoms with Crippen LogP contribution in [0.4, 0.5) is 5.69 Å². The molecule has 1 aromatic rings. The normalized spacial score (nSPS) is 17.7. The van der Waals surface area contributed by atoms with Crippen LogP contribution in [-0.4, -0.2) is 42.7 Å². The number of likely N-dealkylation sites (tertiary alicyclic amines) is 1. The van der Waals surface area contributed by atoms with E-state index in [1.807, 2.05) is 6.07 Å². The number of hydrogen-bond donors (Lipinski definition) is 1. The second-order valence-electron chi connectivity index (χ2n) is 5.56. The van der Waals surface area contributed by atoms with Crippen LogP contribution in [0, 0.1) is 6.92 Å². The van der Waals surface area contributed by atoms with Gasteiger partial charge in [-0.3, -0.25) is 0 Å². The molecule has 0 amide bonds. The van der Waals surface area contributed by atoms with Gasteiger partial charge in [-0.05, 0) is 43.5 Å². The first-order chi connectivity index (χ1) is 9.15. The highest BCUT2D eigenvalue weighted by Gasteiger charge is 2.22. The molecular weight excluding hydrogens is 236 g/mol. The van der Waals surface area contributed by atoms with Crippen LogP contribution < -0.4 is 4.90 Å². The van der Waals surface area contributed by atoms with Gasteiger partial charge < -0.3 is 14.9 Å². The second-order valence-corrected chi connectivity index (χ2v) is 5.56. The maximum Gasteiger partial charge on any atom is 0.0681 e. The van der Waals surface area contributed by atoms with Crippen LogP contribution in [0.2, 0.25) is 0 Å². The molecule has 0 unspecified atom stereocenters. The fourth-order valence-corrected chi connectivity index (χ4v) is 3.03. The van der Waals surface area contributed by atoms with Crippen LogP contribution in [0.3, 0.4) is 0 Å². The zero-order valence-electron chi connectivity index (χ0n) is 12.4. The molecule has 1 fully saturated rings. The van der Waals surface area contributed by atoms with Gasteiger partial charge in [0.1, 0.15) is 0 Å². The number of hydrogen-bond acceptors (Lipinski definition) is 3. The minimum absolute atomic E-state index is 0.125. The summed E-state index contributed by atoms with van der Waals surface area (Å²) in [6.45, 7) is 8.08. The van der Waals surface area contributed by atoms with Gasteiger partial charge in [-0.15, -0.1) is 0 Å². The van der Waals surface area contributed by atoms with Gasteiger partial charge in [0.25, 0.3) is 0 Å². The van der Waals surface area contributed by atoms with Crippen molar-refractivity contribution in [3.05, 3.63) is 29.3 Å². The fourth-order valence-electron chi connectivity index (χ4n) is 3.03. The highest BCUT2D eigenvalue weighted by Crippen LogP contribution is 2.26. The zero-order chi connectivity index (χ0) is 13.8. The predicted octanol–water partition coefficient (Wildman–Crippen LogP) is 2.41. The number of piperidine rings is 1. The van der Waals surface area contributed by atoms with E-state index >= 15 is 0 Å². The lowest BCUT2D eigenvalue weighted by atomic mass is 10.0. The molecule has 0 bridgehead atoms. The van der Waals surface area contributed by atoms with E-state index in [0.29, 0.717) is 6.04 Å². The summed E-state index contributed by atoms with van der Waals surface area (Å²) >= 11 is 0. The quantitative estimate of drug-likeness (QED) is 0.902. The Balaban J connectivity index is 2.05. The molecule has 3 heteroatoms. The number of benzene rings is 1. The van der Waals surface area contributed by atoms with Crippen molar-refractivity contribution in [1.82, 2.24) is 4.90 Å². The Labute approximate surface area is 116 Å². The van der Waals surface area contributed by atoms with E-state index in [2.05, 4.69) is 42.8 Å². The van der Waals surface area contributed by atoms with Crippen molar-refractivity contribution in [2.75, 3.05) is 31.6 Å². The van der Waals surface area contributed by atoms with Gasteiger partial charge >= 0.3 is 0 Å². The lowest BCUT2D eigenvalue weighted by Crippen LogP contribution is -2.43. The van der Waals surface area contributed by atoms with Crippen molar-refractivity contribution in [2.45, 2.75) is 39.3 Å². The average molecular weight is 262 g/mol. The van der Waals surface area contributed by atoms with Crippen LogP contribution in [0.1, 0.15) is 30.9 Å². The van der Waals surface area contributed by atoms with Crippen molar-refractivity contribution in [2.24, 2.45) is 0 Å². The van der Waals surface area contributed by atoms with Gasteiger partial charge in [-0.1, -0.05) is 19.1 Å². The lowest BCUT2D eigenvalue weighted by molar-refractivity contribution is 0.221. The number of aryl methyl sites for hydroxylation is 1. The predicted molar refractivity (Wildman–Crippen MR) is 80.6 cm³/mol. The molecule has 1 aliphatic rings. The average Bonchev–Trinajstić information content (AvgIpc) is 2.46. The molecule has 19 heavy (non-hydrogen) atoms. The molecule has 106 valence electrons. The Morgan fingerprint density at radius 1 is 1.32 bits per heavy atom. The maximum absolute atomic E-state index is 9.18. The van der Waals surface area contributed by atoms with E-state index in [1.165, 1.54) is 43.7 Å². The van der Waals surface area contributed by atoms with Gasteiger partial charge in [0, 0.05) is 31.9 Å². The molecule has 2 rings (SSSR count). The first kappa shape index (κ1) is 14.4. The first-order valence-electron chi connectivity index (χ1n) is 7.31. The van der Waals surface area contributed by atoms with Gasteiger partial charge in [0.05, 0.1) is 6.61 Å². The highest BCUT2D eigenvalue weighted by molar-refractivity contribution is 5.54. The van der Waals surface area contributed by atoms with Crippen molar-refractivity contribution < 1.29 is 5.11 Å². The smallest absolute Gasteiger partial charge is 0.0681 e. The van der Waals surface area contributed by atoms with Crippen LogP contribution in [0.5, 0.6) is 0 Å². The summed E-state index contributed by atoms with van der Waals surface area (Å²) in [5.74, 6) is 0. The standard InChI is InChI=1S/C16H26N2O/c1-4-18-9-7-15(8-10-18)17(3)16-6-5-14(12-19)11-13(16)2/h5-6,11,15,19H,4,7-10,12H2,1-3H3. The number of anilines is 1. The minimum atomic E-state index is 0.125. The molecule has 0 spiro atoms. The topological polar surface area (TPSA) is 26.7 Å². The molecule has 0 aromatic heterocycles. The molecular formula is C16H26N2O. The Kier molecular flexibility index (Phi) is 4.83. The van der Waals surface area contributed by atoms with Crippen molar-refractivity contribution in [1.29, 1.82) is 0 Å². The Bertz CT molecular complexity index is 411. The van der Waals surface area contributed by atoms with E-state index in [4.69, 9.17) is 0 Å². The summed E-state index contributed by atoms with van der Waals surface area (Å²) in [7, 11) is 2.20. The Morgan fingerprint density at radius 2 is 2.00 bits per heavy atom. The number of aliphatic hydroxyl groups is 1. The van der Waals surface area contributed by atoms with Crippen molar-refractivity contribution >= 4 is 5.69 Å². The lowest BCUT2D eigenvalue weighted by Gasteiger charge is -2.38. The van der Waals surface area contributed by atoms with Crippen LogP contribution in [-0.2, 0) is 6.61 Å². The molecule has 1 saturated heterocycles. The fraction of sp³-hybridized carbons (Fsp3) is 0.625. The Morgan fingerprint density at radius 3 is 2.53 bits per heavy atom. The van der Waals surface area contributed by atoms with Crippen LogP contribution >= 0.6 is 0 Å². The molecule has 1 aromatic carbocycles. The van der Waals surface area contributed by atoms with Crippen LogP contribution in [0.25, 0.3) is 0 Å². The summed E-state index contributed by atoms with van der Waals surface area (Å²) in [6, 6.07) is 6.90. The minimum Gasteiger partial charge on any atom is -0.392 e. The largest absolute Gasteiger partial charge is 0.392 e. The third kappa shape index (κ3) is 3.28. The van der Waals surface area contributed by atoms with Gasteiger partial charge in [-0.2, -0.15) is 0 Å². The van der Waals surface area contributed by atoms with Crippen molar-refractivity contribution in [3.8, 4) is 0 Å². The summed E-state index contributed by atoms with van der Waals surface area (Å²) in [5, 5.41) is 9.18. The zero-order valence-corrected chi connectivity index (χ0v) is 12.4. The number of nitrogens with zero attached hydrogens (tertiary/aromatic N) is 2.